The van der Waals surface area contributed by atoms with Gasteiger partial charge in [0.05, 0.1) is 31.1 Å². The zero-order chi connectivity index (χ0) is 19.5. The van der Waals surface area contributed by atoms with Gasteiger partial charge < -0.3 is 5.32 Å². The molecule has 0 unspecified atom stereocenters. The third-order valence-electron chi connectivity index (χ3n) is 3.35. The van der Waals surface area contributed by atoms with Gasteiger partial charge in [-0.05, 0) is 32.0 Å². The summed E-state index contributed by atoms with van der Waals surface area (Å²) in [5.41, 5.74) is 0.259. The molecular weight excluding hydrogens is 492 g/mol. The van der Waals surface area contributed by atoms with Crippen LogP contribution in [-0.2, 0) is 26.4 Å². The van der Waals surface area contributed by atoms with Gasteiger partial charge in [-0.15, -0.1) is 5.10 Å². The van der Waals surface area contributed by atoms with Gasteiger partial charge in [0.1, 0.15) is 5.69 Å². The van der Waals surface area contributed by atoms with Crippen LogP contribution in [0.3, 0.4) is 0 Å². The molecule has 1 aromatic carbocycles. The Labute approximate surface area is 168 Å². The number of amides is 1. The zero-order valence-corrected chi connectivity index (χ0v) is 18.4. The highest BCUT2D eigenvalue weighted by molar-refractivity contribution is 9.11. The molecule has 0 fully saturated rings. The summed E-state index contributed by atoms with van der Waals surface area (Å²) >= 11 is 6.71. The van der Waals surface area contributed by atoms with Crippen molar-refractivity contribution < 1.29 is 17.4 Å². The first-order chi connectivity index (χ1) is 12.0. The van der Waals surface area contributed by atoms with E-state index in [1.165, 1.54) is 4.68 Å². The highest BCUT2D eigenvalue weighted by atomic mass is 79.9. The average Bonchev–Trinajstić information content (AvgIpc) is 2.94. The smallest absolute Gasteiger partial charge is 0.264 e. The van der Waals surface area contributed by atoms with Crippen molar-refractivity contribution in [2.45, 2.75) is 25.9 Å². The van der Waals surface area contributed by atoms with E-state index in [9.17, 15) is 13.2 Å². The molecule has 0 bridgehead atoms. The first-order valence-corrected chi connectivity index (χ1v) is 10.9. The molecule has 1 N–H and O–H groups in total. The van der Waals surface area contributed by atoms with Crippen molar-refractivity contribution in [2.75, 3.05) is 12.9 Å². The third kappa shape index (κ3) is 6.15. The summed E-state index contributed by atoms with van der Waals surface area (Å²) < 4.78 is 29.6. The number of halogens is 2. The molecule has 0 radical (unpaired) electrons. The van der Waals surface area contributed by atoms with Gasteiger partial charge in [-0.25, -0.2) is 4.68 Å². The molecule has 1 amide bonds. The van der Waals surface area contributed by atoms with Gasteiger partial charge in [-0.2, -0.15) is 8.42 Å². The predicted octanol–water partition coefficient (Wildman–Crippen LogP) is 2.44. The Balaban J connectivity index is 2.06. The number of carbonyl (C=O) groups is 1. The van der Waals surface area contributed by atoms with Crippen molar-refractivity contribution in [1.82, 2.24) is 20.3 Å². The molecule has 0 aliphatic heterocycles. The van der Waals surface area contributed by atoms with Gasteiger partial charge in [0, 0.05) is 14.5 Å². The molecule has 26 heavy (non-hydrogen) atoms. The summed E-state index contributed by atoms with van der Waals surface area (Å²) in [6, 6.07) is 5.27. The third-order valence-corrected chi connectivity index (χ3v) is 4.86. The summed E-state index contributed by atoms with van der Waals surface area (Å²) in [6.45, 7) is 3.79. The maximum Gasteiger partial charge on any atom is 0.264 e. The molecule has 11 heteroatoms. The first-order valence-electron chi connectivity index (χ1n) is 7.50. The second kappa shape index (κ2) is 8.15. The van der Waals surface area contributed by atoms with E-state index >= 15 is 0 Å². The molecule has 0 aliphatic rings. The minimum absolute atomic E-state index is 0.0412. The lowest BCUT2D eigenvalue weighted by Crippen LogP contribution is -2.41. The van der Waals surface area contributed by atoms with Gasteiger partial charge in [0.2, 0.25) is 0 Å². The van der Waals surface area contributed by atoms with Crippen LogP contribution in [0.2, 0.25) is 0 Å². The van der Waals surface area contributed by atoms with Crippen LogP contribution in [0.25, 0.3) is 0 Å². The SMILES string of the molecule is CC(C)(NC(=O)c1cc(Br)cc(Br)c1)c1cn(CCOS(C)(=O)=O)nn1. The van der Waals surface area contributed by atoms with Crippen molar-refractivity contribution in [2.24, 2.45) is 0 Å². The lowest BCUT2D eigenvalue weighted by atomic mass is 10.0. The van der Waals surface area contributed by atoms with Gasteiger partial charge in [-0.1, -0.05) is 37.1 Å². The van der Waals surface area contributed by atoms with E-state index in [0.717, 1.165) is 15.2 Å². The minimum Gasteiger partial charge on any atom is -0.341 e. The lowest BCUT2D eigenvalue weighted by Gasteiger charge is -2.23. The Bertz CT molecular complexity index is 892. The summed E-state index contributed by atoms with van der Waals surface area (Å²) in [4.78, 5) is 12.5. The predicted molar refractivity (Wildman–Crippen MR) is 103 cm³/mol. The van der Waals surface area contributed by atoms with Crippen LogP contribution in [-0.4, -0.2) is 42.2 Å². The molecular formula is C15H18Br2N4O4S. The van der Waals surface area contributed by atoms with Crippen LogP contribution < -0.4 is 5.32 Å². The van der Waals surface area contributed by atoms with E-state index in [1.807, 2.05) is 6.07 Å². The average molecular weight is 510 g/mol. The van der Waals surface area contributed by atoms with Gasteiger partial charge >= 0.3 is 0 Å². The number of rotatable bonds is 7. The second-order valence-corrected chi connectivity index (χ2v) is 9.61. The van der Waals surface area contributed by atoms with E-state index < -0.39 is 15.7 Å². The van der Waals surface area contributed by atoms with Crippen molar-refractivity contribution >= 4 is 47.9 Å². The Morgan fingerprint density at radius 2 is 1.88 bits per heavy atom. The standard InChI is InChI=1S/C15H18Br2N4O4S/c1-15(2,18-14(22)10-6-11(16)8-12(17)7-10)13-9-21(20-19-13)4-5-25-26(3,23)24/h6-9H,4-5H2,1-3H3,(H,18,22). The van der Waals surface area contributed by atoms with Crippen molar-refractivity contribution in [1.29, 1.82) is 0 Å². The molecule has 8 nitrogen and oxygen atoms in total. The molecule has 142 valence electrons. The summed E-state index contributed by atoms with van der Waals surface area (Å²) in [5.74, 6) is -0.257. The number of nitrogens with zero attached hydrogens (tertiary/aromatic N) is 3. The first kappa shape index (κ1) is 21.0. The highest BCUT2D eigenvalue weighted by Gasteiger charge is 2.27. The van der Waals surface area contributed by atoms with Crippen molar-refractivity contribution in [3.05, 3.63) is 44.6 Å². The van der Waals surface area contributed by atoms with Crippen LogP contribution in [0.5, 0.6) is 0 Å². The molecule has 1 aromatic heterocycles. The van der Waals surface area contributed by atoms with Gasteiger partial charge in [0.25, 0.3) is 16.0 Å². The lowest BCUT2D eigenvalue weighted by molar-refractivity contribution is 0.0910. The maximum atomic E-state index is 12.5. The molecule has 0 spiro atoms. The number of hydrogen-bond donors (Lipinski definition) is 1. The maximum absolute atomic E-state index is 12.5. The van der Waals surface area contributed by atoms with Crippen LogP contribution in [0.1, 0.15) is 29.9 Å². The number of carbonyl (C=O) groups excluding carboxylic acids is 1. The Morgan fingerprint density at radius 3 is 2.46 bits per heavy atom. The zero-order valence-electron chi connectivity index (χ0n) is 14.4. The molecule has 2 aromatic rings. The molecule has 1 heterocycles. The minimum atomic E-state index is -3.50. The topological polar surface area (TPSA) is 103 Å². The summed E-state index contributed by atoms with van der Waals surface area (Å²) in [7, 11) is -3.50. The number of benzene rings is 1. The fraction of sp³-hybridized carbons (Fsp3) is 0.400. The Kier molecular flexibility index (Phi) is 6.59. The highest BCUT2D eigenvalue weighted by Crippen LogP contribution is 2.22. The van der Waals surface area contributed by atoms with E-state index in [1.54, 1.807) is 32.2 Å². The normalized spacial score (nSPS) is 12.2. The van der Waals surface area contributed by atoms with E-state index in [2.05, 4.69) is 51.7 Å². The number of nitrogens with one attached hydrogen (secondary N) is 1. The Morgan fingerprint density at radius 1 is 1.27 bits per heavy atom. The summed E-state index contributed by atoms with van der Waals surface area (Å²) in [5, 5.41) is 10.9. The van der Waals surface area contributed by atoms with Crippen LogP contribution in [0.4, 0.5) is 0 Å². The van der Waals surface area contributed by atoms with Crippen molar-refractivity contribution in [3.8, 4) is 0 Å². The quantitative estimate of drug-likeness (QED) is 0.575. The van der Waals surface area contributed by atoms with Crippen molar-refractivity contribution in [3.63, 3.8) is 0 Å². The fourth-order valence-electron chi connectivity index (χ4n) is 2.08. The van der Waals surface area contributed by atoms with Gasteiger partial charge in [0.15, 0.2) is 0 Å². The van der Waals surface area contributed by atoms with E-state index in [4.69, 9.17) is 0 Å². The molecule has 2 rings (SSSR count). The number of hydrogen-bond acceptors (Lipinski definition) is 6. The van der Waals surface area contributed by atoms with Crippen LogP contribution in [0.15, 0.2) is 33.3 Å². The monoisotopic (exact) mass is 508 g/mol. The molecule has 0 saturated carbocycles. The molecule has 0 saturated heterocycles. The second-order valence-electron chi connectivity index (χ2n) is 6.13. The van der Waals surface area contributed by atoms with Crippen LogP contribution >= 0.6 is 31.9 Å². The van der Waals surface area contributed by atoms with E-state index in [0.29, 0.717) is 11.3 Å². The van der Waals surface area contributed by atoms with E-state index in [-0.39, 0.29) is 19.1 Å². The largest absolute Gasteiger partial charge is 0.341 e. The Hall–Kier alpha value is -1.30. The van der Waals surface area contributed by atoms with Gasteiger partial charge in [-0.3, -0.25) is 8.98 Å². The molecule has 0 aliphatic carbocycles. The number of aromatic nitrogens is 3. The molecule has 0 atom stereocenters. The fourth-order valence-corrected chi connectivity index (χ4v) is 3.75. The van der Waals surface area contributed by atoms with Crippen LogP contribution in [0, 0.1) is 0 Å². The summed E-state index contributed by atoms with van der Waals surface area (Å²) in [6.07, 6.45) is 2.63.